The van der Waals surface area contributed by atoms with Crippen LogP contribution in [-0.2, 0) is 11.4 Å². The van der Waals surface area contributed by atoms with Gasteiger partial charge in [-0.25, -0.2) is 0 Å². The van der Waals surface area contributed by atoms with Crippen LogP contribution in [0.2, 0.25) is 0 Å². The van der Waals surface area contributed by atoms with E-state index in [1.54, 1.807) is 0 Å². The maximum absolute atomic E-state index is 12.1. The molecule has 120 valence electrons. The van der Waals surface area contributed by atoms with Crippen LogP contribution in [0, 0.1) is 12.8 Å². The molecule has 0 radical (unpaired) electrons. The summed E-state index contributed by atoms with van der Waals surface area (Å²) in [5.41, 5.74) is 3.93. The van der Waals surface area contributed by atoms with Crippen LogP contribution in [0.3, 0.4) is 0 Å². The summed E-state index contributed by atoms with van der Waals surface area (Å²) in [6.07, 6.45) is 2.18. The summed E-state index contributed by atoms with van der Waals surface area (Å²) in [5, 5.41) is 12.1. The van der Waals surface area contributed by atoms with Gasteiger partial charge in [0.25, 0.3) is 0 Å². The number of hydrogen-bond acceptors (Lipinski definition) is 3. The summed E-state index contributed by atoms with van der Waals surface area (Å²) >= 11 is 3.88. The van der Waals surface area contributed by atoms with Gasteiger partial charge in [0.2, 0.25) is 0 Å². The minimum atomic E-state index is -0.845. The second-order valence-corrected chi connectivity index (χ2v) is 8.84. The molecule has 1 unspecified atom stereocenters. The summed E-state index contributed by atoms with van der Waals surface area (Å²) in [4.78, 5) is 1.24. The molecule has 2 aromatic carbocycles. The van der Waals surface area contributed by atoms with Gasteiger partial charge >= 0.3 is 0 Å². The van der Waals surface area contributed by atoms with Crippen molar-refractivity contribution in [1.82, 2.24) is 0 Å². The molecule has 0 bridgehead atoms. The molecule has 2 aliphatic rings. The highest BCUT2D eigenvalue weighted by Crippen LogP contribution is 2.50. The molecule has 1 saturated heterocycles. The first-order valence-electron chi connectivity index (χ1n) is 8.32. The Labute approximate surface area is 146 Å². The van der Waals surface area contributed by atoms with Crippen LogP contribution in [0.5, 0.6) is 0 Å². The molecule has 2 heterocycles. The maximum atomic E-state index is 12.1. The van der Waals surface area contributed by atoms with E-state index in [0.717, 1.165) is 41.2 Å². The molecule has 23 heavy (non-hydrogen) atoms. The fraction of sp³-hybridized carbons (Fsp3) is 0.400. The molecule has 0 aromatic heterocycles. The minimum absolute atomic E-state index is 0.309. The first-order valence-corrected chi connectivity index (χ1v) is 10.5. The predicted molar refractivity (Wildman–Crippen MR) is 100 cm³/mol. The number of benzene rings is 2. The van der Waals surface area contributed by atoms with Crippen LogP contribution >= 0.6 is 23.5 Å². The van der Waals surface area contributed by atoms with E-state index in [2.05, 4.69) is 49.4 Å². The van der Waals surface area contributed by atoms with Gasteiger partial charge in [-0.3, -0.25) is 0 Å². The SMILES string of the molecule is Cc1ccc2c(c1)C(O)(C1CCSCC1)c1ccccc1CS2. The number of thioether (sulfide) groups is 2. The van der Waals surface area contributed by atoms with Crippen LogP contribution in [-0.4, -0.2) is 16.6 Å². The second kappa shape index (κ2) is 6.19. The molecule has 0 saturated carbocycles. The van der Waals surface area contributed by atoms with Crippen molar-refractivity contribution < 1.29 is 5.11 Å². The van der Waals surface area contributed by atoms with Gasteiger partial charge in [-0.05, 0) is 54.4 Å². The number of fused-ring (bicyclic) bond motifs is 2. The minimum Gasteiger partial charge on any atom is -0.380 e. The summed E-state index contributed by atoms with van der Waals surface area (Å²) in [5.74, 6) is 3.56. The molecule has 3 heteroatoms. The lowest BCUT2D eigenvalue weighted by Crippen LogP contribution is -2.39. The fourth-order valence-corrected chi connectivity index (χ4v) is 6.14. The molecule has 0 spiro atoms. The summed E-state index contributed by atoms with van der Waals surface area (Å²) in [6.45, 7) is 2.12. The highest BCUT2D eigenvalue weighted by molar-refractivity contribution is 7.99. The van der Waals surface area contributed by atoms with Gasteiger partial charge in [-0.2, -0.15) is 11.8 Å². The zero-order valence-electron chi connectivity index (χ0n) is 13.4. The van der Waals surface area contributed by atoms with Gasteiger partial charge in [0.15, 0.2) is 0 Å². The summed E-state index contributed by atoms with van der Waals surface area (Å²) < 4.78 is 0. The van der Waals surface area contributed by atoms with E-state index in [1.165, 1.54) is 16.0 Å². The Bertz CT molecular complexity index is 721. The number of rotatable bonds is 1. The Kier molecular flexibility index (Phi) is 4.21. The van der Waals surface area contributed by atoms with E-state index in [-0.39, 0.29) is 0 Å². The quantitative estimate of drug-likeness (QED) is 0.789. The van der Waals surface area contributed by atoms with Crippen LogP contribution in [0.15, 0.2) is 47.4 Å². The third-order valence-corrected chi connectivity index (χ3v) is 7.34. The lowest BCUT2D eigenvalue weighted by atomic mass is 9.72. The number of aryl methyl sites for hydroxylation is 1. The molecular formula is C20H22OS2. The Hall–Kier alpha value is -0.900. The van der Waals surface area contributed by atoms with Crippen molar-refractivity contribution in [2.45, 2.75) is 36.0 Å². The van der Waals surface area contributed by atoms with Crippen molar-refractivity contribution in [3.8, 4) is 0 Å². The monoisotopic (exact) mass is 342 g/mol. The van der Waals surface area contributed by atoms with Gasteiger partial charge in [-0.1, -0.05) is 42.0 Å². The number of hydrogen-bond donors (Lipinski definition) is 1. The van der Waals surface area contributed by atoms with Crippen LogP contribution in [0.1, 0.15) is 35.1 Å². The Morgan fingerprint density at radius 3 is 2.65 bits per heavy atom. The molecule has 2 aliphatic heterocycles. The van der Waals surface area contributed by atoms with Crippen LogP contribution in [0.25, 0.3) is 0 Å². The van der Waals surface area contributed by atoms with E-state index in [0.29, 0.717) is 5.92 Å². The average molecular weight is 343 g/mol. The zero-order valence-corrected chi connectivity index (χ0v) is 15.1. The Balaban J connectivity index is 1.95. The molecular weight excluding hydrogens is 320 g/mol. The normalized spacial score (nSPS) is 24.6. The van der Waals surface area contributed by atoms with E-state index in [9.17, 15) is 5.11 Å². The van der Waals surface area contributed by atoms with E-state index in [4.69, 9.17) is 0 Å². The van der Waals surface area contributed by atoms with E-state index < -0.39 is 5.60 Å². The number of aliphatic hydroxyl groups is 1. The maximum Gasteiger partial charge on any atom is 0.119 e. The van der Waals surface area contributed by atoms with Gasteiger partial charge in [0.05, 0.1) is 0 Å². The molecule has 1 fully saturated rings. The third kappa shape index (κ3) is 2.63. The predicted octanol–water partition coefficient (Wildman–Crippen LogP) is 4.98. The largest absolute Gasteiger partial charge is 0.380 e. The Morgan fingerprint density at radius 2 is 1.83 bits per heavy atom. The van der Waals surface area contributed by atoms with Gasteiger partial charge < -0.3 is 5.11 Å². The first-order chi connectivity index (χ1) is 11.2. The topological polar surface area (TPSA) is 20.2 Å². The average Bonchev–Trinajstić information content (AvgIpc) is 2.72. The second-order valence-electron chi connectivity index (χ2n) is 6.60. The van der Waals surface area contributed by atoms with Gasteiger partial charge in [0, 0.05) is 16.2 Å². The molecule has 2 aromatic rings. The molecule has 1 nitrogen and oxygen atoms in total. The van der Waals surface area contributed by atoms with Crippen molar-refractivity contribution >= 4 is 23.5 Å². The fourth-order valence-electron chi connectivity index (χ4n) is 3.94. The van der Waals surface area contributed by atoms with E-state index in [1.807, 2.05) is 23.5 Å². The first kappa shape index (κ1) is 15.6. The molecule has 1 atom stereocenters. The van der Waals surface area contributed by atoms with Gasteiger partial charge in [-0.15, -0.1) is 11.8 Å². The van der Waals surface area contributed by atoms with Crippen molar-refractivity contribution in [1.29, 1.82) is 0 Å². The molecule has 0 aliphatic carbocycles. The Morgan fingerprint density at radius 1 is 1.04 bits per heavy atom. The highest BCUT2D eigenvalue weighted by Gasteiger charge is 2.44. The highest BCUT2D eigenvalue weighted by atomic mass is 32.2. The lowest BCUT2D eigenvalue weighted by molar-refractivity contribution is 0.00947. The van der Waals surface area contributed by atoms with Crippen LogP contribution in [0.4, 0.5) is 0 Å². The van der Waals surface area contributed by atoms with Gasteiger partial charge in [0.1, 0.15) is 5.60 Å². The smallest absolute Gasteiger partial charge is 0.119 e. The van der Waals surface area contributed by atoms with Crippen LogP contribution < -0.4 is 0 Å². The van der Waals surface area contributed by atoms with Crippen molar-refractivity contribution in [3.05, 3.63) is 64.7 Å². The standard InChI is InChI=1S/C20H22OS2/c1-14-6-7-19-18(12-14)20(21,16-8-10-22-11-9-16)17-5-3-2-4-15(17)13-23-19/h2-7,12,16,21H,8-11,13H2,1H3. The van der Waals surface area contributed by atoms with E-state index >= 15 is 0 Å². The summed E-state index contributed by atoms with van der Waals surface area (Å²) in [6, 6.07) is 15.1. The molecule has 4 rings (SSSR count). The zero-order chi connectivity index (χ0) is 15.9. The third-order valence-electron chi connectivity index (χ3n) is 5.17. The lowest BCUT2D eigenvalue weighted by Gasteiger charge is -2.40. The van der Waals surface area contributed by atoms with Crippen molar-refractivity contribution in [2.24, 2.45) is 5.92 Å². The molecule has 0 amide bonds. The molecule has 1 N–H and O–H groups in total. The summed E-state index contributed by atoms with van der Waals surface area (Å²) in [7, 11) is 0. The van der Waals surface area contributed by atoms with Crippen molar-refractivity contribution in [2.75, 3.05) is 11.5 Å². The van der Waals surface area contributed by atoms with Crippen molar-refractivity contribution in [3.63, 3.8) is 0 Å².